The van der Waals surface area contributed by atoms with Crippen LogP contribution in [0.5, 0.6) is 0 Å². The first-order valence-corrected chi connectivity index (χ1v) is 5.02. The minimum Gasteiger partial charge on any atom is -0.465 e. The summed E-state index contributed by atoms with van der Waals surface area (Å²) in [5.74, 6) is -0.188. The highest BCUT2D eigenvalue weighted by Crippen LogP contribution is 2.51. The molecule has 0 spiro atoms. The van der Waals surface area contributed by atoms with Gasteiger partial charge in [-0.15, -0.1) is 0 Å². The zero-order valence-corrected chi connectivity index (χ0v) is 8.76. The van der Waals surface area contributed by atoms with Crippen LogP contribution in [0, 0.1) is 11.8 Å². The molecule has 84 valence electrons. The number of rotatable bonds is 4. The van der Waals surface area contributed by atoms with Crippen LogP contribution in [0.2, 0.25) is 0 Å². The smallest absolute Gasteiger partial charge is 0.302 e. The van der Waals surface area contributed by atoms with Crippen molar-refractivity contribution in [1.29, 1.82) is 0 Å². The van der Waals surface area contributed by atoms with Crippen molar-refractivity contribution in [3.05, 3.63) is 0 Å². The number of ether oxygens (including phenoxy) is 3. The van der Waals surface area contributed by atoms with Crippen molar-refractivity contribution in [1.82, 2.24) is 0 Å². The molecule has 2 aliphatic rings. The Morgan fingerprint density at radius 3 is 1.73 bits per heavy atom. The van der Waals surface area contributed by atoms with E-state index in [2.05, 4.69) is 0 Å². The molecule has 1 aliphatic heterocycles. The van der Waals surface area contributed by atoms with Crippen molar-refractivity contribution in [2.75, 3.05) is 13.2 Å². The van der Waals surface area contributed by atoms with E-state index in [1.807, 2.05) is 0 Å². The molecule has 1 heterocycles. The minimum absolute atomic E-state index is 0.193. The van der Waals surface area contributed by atoms with Gasteiger partial charge in [-0.05, 0) is 0 Å². The molecule has 4 atom stereocenters. The summed E-state index contributed by atoms with van der Waals surface area (Å²) in [4.78, 5) is 21.3. The number of carbonyl (C=O) groups is 2. The maximum absolute atomic E-state index is 10.6. The average molecular weight is 214 g/mol. The highest BCUT2D eigenvalue weighted by Gasteiger charge is 2.64. The summed E-state index contributed by atoms with van der Waals surface area (Å²) in [5.41, 5.74) is 0. The molecule has 5 nitrogen and oxygen atoms in total. The molecule has 1 saturated heterocycles. The van der Waals surface area contributed by atoms with Gasteiger partial charge < -0.3 is 14.2 Å². The second-order valence-corrected chi connectivity index (χ2v) is 4.00. The Morgan fingerprint density at radius 2 is 1.40 bits per heavy atom. The Hall–Kier alpha value is -1.10. The molecular weight excluding hydrogens is 200 g/mol. The molecule has 5 heteroatoms. The zero-order chi connectivity index (χ0) is 11.0. The largest absolute Gasteiger partial charge is 0.465 e. The third-order valence-electron chi connectivity index (χ3n) is 2.91. The van der Waals surface area contributed by atoms with Gasteiger partial charge in [0.15, 0.2) is 0 Å². The third-order valence-corrected chi connectivity index (χ3v) is 2.91. The summed E-state index contributed by atoms with van der Waals surface area (Å²) >= 11 is 0. The third kappa shape index (κ3) is 2.12. The van der Waals surface area contributed by atoms with Crippen LogP contribution in [0.3, 0.4) is 0 Å². The fourth-order valence-electron chi connectivity index (χ4n) is 2.03. The van der Waals surface area contributed by atoms with Crippen LogP contribution < -0.4 is 0 Å². The van der Waals surface area contributed by atoms with Crippen molar-refractivity contribution in [3.8, 4) is 0 Å². The lowest BCUT2D eigenvalue weighted by atomic mass is 9.75. The van der Waals surface area contributed by atoms with Crippen LogP contribution in [-0.4, -0.2) is 37.4 Å². The molecule has 0 aromatic rings. The van der Waals surface area contributed by atoms with Gasteiger partial charge in [-0.2, -0.15) is 0 Å². The second kappa shape index (κ2) is 3.81. The summed E-state index contributed by atoms with van der Waals surface area (Å²) < 4.78 is 15.2. The SMILES string of the molecule is CC(=O)OC[C@@H]1C2OC2[C@@H]1COC(C)=O. The van der Waals surface area contributed by atoms with Gasteiger partial charge in [0.05, 0.1) is 25.4 Å². The maximum atomic E-state index is 10.6. The Bertz CT molecular complexity index is 260. The molecule has 0 bridgehead atoms. The quantitative estimate of drug-likeness (QED) is 0.491. The lowest BCUT2D eigenvalue weighted by molar-refractivity contribution is -0.148. The van der Waals surface area contributed by atoms with Gasteiger partial charge in [-0.25, -0.2) is 0 Å². The Balaban J connectivity index is 1.75. The topological polar surface area (TPSA) is 65.1 Å². The van der Waals surface area contributed by atoms with E-state index in [0.717, 1.165) is 0 Å². The average Bonchev–Trinajstić information content (AvgIpc) is 2.79. The van der Waals surface area contributed by atoms with E-state index in [0.29, 0.717) is 13.2 Å². The number of hydrogen-bond acceptors (Lipinski definition) is 5. The number of esters is 2. The van der Waals surface area contributed by atoms with Crippen LogP contribution in [0.25, 0.3) is 0 Å². The van der Waals surface area contributed by atoms with Crippen LogP contribution >= 0.6 is 0 Å². The molecule has 0 aromatic carbocycles. The summed E-state index contributed by atoms with van der Waals surface area (Å²) in [6.45, 7) is 3.49. The molecule has 2 rings (SSSR count). The standard InChI is InChI=1S/C10H14O5/c1-5(11)13-3-7-8(4-14-6(2)12)10-9(7)15-10/h7-10H,3-4H2,1-2H3/t7-,8+,9?,10?. The predicted octanol–water partition coefficient (Wildman–Crippen LogP) is 0.126. The second-order valence-electron chi connectivity index (χ2n) is 4.00. The van der Waals surface area contributed by atoms with E-state index in [9.17, 15) is 9.59 Å². The highest BCUT2D eigenvalue weighted by atomic mass is 16.6. The first-order valence-electron chi connectivity index (χ1n) is 5.02. The van der Waals surface area contributed by atoms with Gasteiger partial charge in [0.2, 0.25) is 0 Å². The molecule has 0 aromatic heterocycles. The Labute approximate surface area is 87.7 Å². The van der Waals surface area contributed by atoms with Gasteiger partial charge in [-0.3, -0.25) is 9.59 Å². The summed E-state index contributed by atoms with van der Waals surface area (Å²) in [7, 11) is 0. The van der Waals surface area contributed by atoms with Gasteiger partial charge >= 0.3 is 11.9 Å². The van der Waals surface area contributed by atoms with Crippen LogP contribution in [-0.2, 0) is 23.8 Å². The molecule has 15 heavy (non-hydrogen) atoms. The fourth-order valence-corrected chi connectivity index (χ4v) is 2.03. The number of carbonyl (C=O) groups excluding carboxylic acids is 2. The van der Waals surface area contributed by atoms with E-state index in [-0.39, 0.29) is 36.0 Å². The molecule has 0 N–H and O–H groups in total. The zero-order valence-electron chi connectivity index (χ0n) is 8.76. The van der Waals surface area contributed by atoms with Crippen molar-refractivity contribution in [2.45, 2.75) is 26.1 Å². The van der Waals surface area contributed by atoms with Gasteiger partial charge in [0.25, 0.3) is 0 Å². The molecule has 2 unspecified atom stereocenters. The van der Waals surface area contributed by atoms with Crippen molar-refractivity contribution in [3.63, 3.8) is 0 Å². The van der Waals surface area contributed by atoms with Crippen LogP contribution in [0.1, 0.15) is 13.8 Å². The van der Waals surface area contributed by atoms with Crippen LogP contribution in [0.15, 0.2) is 0 Å². The van der Waals surface area contributed by atoms with Gasteiger partial charge in [-0.1, -0.05) is 0 Å². The molecule has 1 aliphatic carbocycles. The van der Waals surface area contributed by atoms with Crippen molar-refractivity contribution < 1.29 is 23.8 Å². The first kappa shape index (κ1) is 10.4. The normalized spacial score (nSPS) is 36.1. The Kier molecular flexibility index (Phi) is 2.65. The van der Waals surface area contributed by atoms with Gasteiger partial charge in [0, 0.05) is 25.7 Å². The van der Waals surface area contributed by atoms with Gasteiger partial charge in [0.1, 0.15) is 0 Å². The van der Waals surface area contributed by atoms with Crippen LogP contribution in [0.4, 0.5) is 0 Å². The van der Waals surface area contributed by atoms with E-state index < -0.39 is 0 Å². The summed E-state index contributed by atoms with van der Waals surface area (Å²) in [6.07, 6.45) is 0.426. The molecular formula is C10H14O5. The van der Waals surface area contributed by atoms with Crippen molar-refractivity contribution in [2.24, 2.45) is 11.8 Å². The van der Waals surface area contributed by atoms with E-state index in [1.165, 1.54) is 13.8 Å². The Morgan fingerprint density at radius 1 is 1.00 bits per heavy atom. The lowest BCUT2D eigenvalue weighted by Gasteiger charge is -2.30. The first-order chi connectivity index (χ1) is 7.09. The summed E-state index contributed by atoms with van der Waals surface area (Å²) in [5, 5.41) is 0. The fraction of sp³-hybridized carbons (Fsp3) is 0.800. The number of hydrogen-bond donors (Lipinski definition) is 0. The molecule has 2 fully saturated rings. The minimum atomic E-state index is -0.287. The maximum Gasteiger partial charge on any atom is 0.302 e. The molecule has 1 saturated carbocycles. The summed E-state index contributed by atoms with van der Waals surface area (Å²) in [6, 6.07) is 0. The predicted molar refractivity (Wildman–Crippen MR) is 48.9 cm³/mol. The molecule has 0 amide bonds. The van der Waals surface area contributed by atoms with E-state index in [4.69, 9.17) is 14.2 Å². The molecule has 0 radical (unpaired) electrons. The number of fused-ring (bicyclic) bond motifs is 1. The van der Waals surface area contributed by atoms with Crippen molar-refractivity contribution >= 4 is 11.9 Å². The monoisotopic (exact) mass is 214 g/mol. The van der Waals surface area contributed by atoms with E-state index in [1.54, 1.807) is 0 Å². The lowest BCUT2D eigenvalue weighted by Crippen LogP contribution is -2.43. The number of epoxide rings is 1. The highest BCUT2D eigenvalue weighted by molar-refractivity contribution is 5.66. The van der Waals surface area contributed by atoms with E-state index >= 15 is 0 Å².